The van der Waals surface area contributed by atoms with Gasteiger partial charge < -0.3 is 5.73 Å². The van der Waals surface area contributed by atoms with Gasteiger partial charge in [0.1, 0.15) is 5.82 Å². The first-order valence-corrected chi connectivity index (χ1v) is 6.18. The molecule has 0 aromatic heterocycles. The lowest BCUT2D eigenvalue weighted by Gasteiger charge is -2.12. The van der Waals surface area contributed by atoms with Crippen LogP contribution in [0.15, 0.2) is 48.5 Å². The maximum atomic E-state index is 13.2. The van der Waals surface area contributed by atoms with E-state index in [0.29, 0.717) is 12.0 Å². The molecule has 0 fully saturated rings. The Labute approximate surface area is 112 Å². The molecule has 2 aromatic rings. The lowest BCUT2D eigenvalue weighted by molar-refractivity contribution is 0.0960. The zero-order chi connectivity index (χ0) is 13.8. The number of halogens is 1. The highest BCUT2D eigenvalue weighted by Crippen LogP contribution is 2.14. The Morgan fingerprint density at radius 2 is 1.89 bits per heavy atom. The van der Waals surface area contributed by atoms with Crippen molar-refractivity contribution >= 4 is 5.78 Å². The number of ketones is 1. The molecule has 0 saturated carbocycles. The normalized spacial score (nSPS) is 12.2. The van der Waals surface area contributed by atoms with Crippen molar-refractivity contribution in [2.45, 2.75) is 19.4 Å². The van der Waals surface area contributed by atoms with Crippen molar-refractivity contribution in [2.75, 3.05) is 0 Å². The van der Waals surface area contributed by atoms with Crippen molar-refractivity contribution in [1.82, 2.24) is 0 Å². The Morgan fingerprint density at radius 3 is 2.58 bits per heavy atom. The highest BCUT2D eigenvalue weighted by Gasteiger charge is 2.18. The van der Waals surface area contributed by atoms with Crippen molar-refractivity contribution in [3.05, 3.63) is 71.0 Å². The molecule has 0 aliphatic carbocycles. The maximum absolute atomic E-state index is 13.2. The summed E-state index contributed by atoms with van der Waals surface area (Å²) in [5, 5.41) is 0. The van der Waals surface area contributed by atoms with Crippen LogP contribution in [0.2, 0.25) is 0 Å². The van der Waals surface area contributed by atoms with Crippen LogP contribution in [0, 0.1) is 12.7 Å². The Hall–Kier alpha value is -2.00. The third-order valence-electron chi connectivity index (χ3n) is 3.10. The molecular formula is C16H16FNO. The molecule has 2 nitrogen and oxygen atoms in total. The van der Waals surface area contributed by atoms with E-state index in [9.17, 15) is 9.18 Å². The number of benzene rings is 2. The van der Waals surface area contributed by atoms with Crippen molar-refractivity contribution < 1.29 is 9.18 Å². The fourth-order valence-electron chi connectivity index (χ4n) is 2.02. The number of aryl methyl sites for hydroxylation is 1. The number of carbonyl (C=O) groups is 1. The number of carbonyl (C=O) groups excluding carboxylic acids is 1. The molecule has 2 rings (SSSR count). The molecule has 0 saturated heterocycles. The molecule has 1 unspecified atom stereocenters. The topological polar surface area (TPSA) is 43.1 Å². The quantitative estimate of drug-likeness (QED) is 0.856. The highest BCUT2D eigenvalue weighted by atomic mass is 19.1. The van der Waals surface area contributed by atoms with Gasteiger partial charge in [-0.25, -0.2) is 4.39 Å². The summed E-state index contributed by atoms with van der Waals surface area (Å²) in [7, 11) is 0. The zero-order valence-corrected chi connectivity index (χ0v) is 10.8. The molecule has 98 valence electrons. The summed E-state index contributed by atoms with van der Waals surface area (Å²) in [6, 6.07) is 13.1. The van der Waals surface area contributed by atoms with E-state index in [4.69, 9.17) is 5.73 Å². The molecule has 0 bridgehead atoms. The van der Waals surface area contributed by atoms with Crippen molar-refractivity contribution in [2.24, 2.45) is 5.73 Å². The molecule has 0 aliphatic heterocycles. The number of rotatable bonds is 4. The lowest BCUT2D eigenvalue weighted by Crippen LogP contribution is -2.33. The van der Waals surface area contributed by atoms with E-state index < -0.39 is 11.9 Å². The Morgan fingerprint density at radius 1 is 1.21 bits per heavy atom. The standard InChI is InChI=1S/C16H16FNO/c1-11-7-8-13(17)10-14(11)16(19)15(18)9-12-5-3-2-4-6-12/h2-8,10,15H,9,18H2,1H3. The van der Waals surface area contributed by atoms with Gasteiger partial charge in [0.2, 0.25) is 0 Å². The number of hydrogen-bond acceptors (Lipinski definition) is 2. The summed E-state index contributed by atoms with van der Waals surface area (Å²) in [6.45, 7) is 1.78. The largest absolute Gasteiger partial charge is 0.321 e. The average molecular weight is 257 g/mol. The lowest BCUT2D eigenvalue weighted by atomic mass is 9.95. The van der Waals surface area contributed by atoms with Crippen LogP contribution in [0.3, 0.4) is 0 Å². The van der Waals surface area contributed by atoms with E-state index in [0.717, 1.165) is 11.1 Å². The molecule has 2 aromatic carbocycles. The predicted octanol–water partition coefficient (Wildman–Crippen LogP) is 2.89. The molecule has 3 heteroatoms. The molecule has 2 N–H and O–H groups in total. The van der Waals surface area contributed by atoms with Gasteiger partial charge in [-0.3, -0.25) is 4.79 Å². The Bertz CT molecular complexity index is 581. The number of hydrogen-bond donors (Lipinski definition) is 1. The molecule has 19 heavy (non-hydrogen) atoms. The van der Waals surface area contributed by atoms with Gasteiger partial charge in [0.05, 0.1) is 6.04 Å². The summed E-state index contributed by atoms with van der Waals surface area (Å²) >= 11 is 0. The first-order chi connectivity index (χ1) is 9.08. The minimum atomic E-state index is -0.650. The van der Waals surface area contributed by atoms with Crippen LogP contribution in [-0.4, -0.2) is 11.8 Å². The van der Waals surface area contributed by atoms with Gasteiger partial charge in [-0.1, -0.05) is 36.4 Å². The summed E-state index contributed by atoms with van der Waals surface area (Å²) in [5.74, 6) is -0.637. The van der Waals surface area contributed by atoms with Gasteiger partial charge in [-0.05, 0) is 36.6 Å². The van der Waals surface area contributed by atoms with Crippen molar-refractivity contribution in [3.8, 4) is 0 Å². The van der Waals surface area contributed by atoms with Gasteiger partial charge in [0, 0.05) is 5.56 Å². The molecule has 0 radical (unpaired) electrons. The summed E-state index contributed by atoms with van der Waals surface area (Å²) in [6.07, 6.45) is 0.454. The van der Waals surface area contributed by atoms with Gasteiger partial charge in [0.15, 0.2) is 5.78 Å². The molecule has 0 spiro atoms. The number of nitrogens with two attached hydrogens (primary N) is 1. The van der Waals surface area contributed by atoms with Gasteiger partial charge in [-0.15, -0.1) is 0 Å². The van der Waals surface area contributed by atoms with E-state index in [2.05, 4.69) is 0 Å². The smallest absolute Gasteiger partial charge is 0.180 e. The molecule has 0 amide bonds. The monoisotopic (exact) mass is 257 g/mol. The third kappa shape index (κ3) is 3.26. The average Bonchev–Trinajstić information content (AvgIpc) is 2.42. The van der Waals surface area contributed by atoms with Crippen LogP contribution >= 0.6 is 0 Å². The Kier molecular flexibility index (Phi) is 4.07. The number of Topliss-reactive ketones (excluding diaryl/α,β-unsaturated/α-hetero) is 1. The minimum Gasteiger partial charge on any atom is -0.321 e. The van der Waals surface area contributed by atoms with Gasteiger partial charge in [0.25, 0.3) is 0 Å². The highest BCUT2D eigenvalue weighted by molar-refractivity contribution is 6.01. The van der Waals surface area contributed by atoms with Gasteiger partial charge in [-0.2, -0.15) is 0 Å². The van der Waals surface area contributed by atoms with E-state index >= 15 is 0 Å². The third-order valence-corrected chi connectivity index (χ3v) is 3.10. The van der Waals surface area contributed by atoms with Crippen LogP contribution in [0.4, 0.5) is 4.39 Å². The predicted molar refractivity (Wildman–Crippen MR) is 73.6 cm³/mol. The second kappa shape index (κ2) is 5.76. The second-order valence-electron chi connectivity index (χ2n) is 4.62. The Balaban J connectivity index is 2.17. The fourth-order valence-corrected chi connectivity index (χ4v) is 2.02. The van der Waals surface area contributed by atoms with Crippen molar-refractivity contribution in [3.63, 3.8) is 0 Å². The first kappa shape index (κ1) is 13.4. The van der Waals surface area contributed by atoms with Gasteiger partial charge >= 0.3 is 0 Å². The second-order valence-corrected chi connectivity index (χ2v) is 4.62. The minimum absolute atomic E-state index is 0.221. The first-order valence-electron chi connectivity index (χ1n) is 6.18. The maximum Gasteiger partial charge on any atom is 0.180 e. The summed E-state index contributed by atoms with van der Waals surface area (Å²) < 4.78 is 13.2. The van der Waals surface area contributed by atoms with E-state index in [1.165, 1.54) is 12.1 Å². The van der Waals surface area contributed by atoms with Crippen LogP contribution in [-0.2, 0) is 6.42 Å². The fraction of sp³-hybridized carbons (Fsp3) is 0.188. The van der Waals surface area contributed by atoms with Crippen LogP contribution < -0.4 is 5.73 Å². The van der Waals surface area contributed by atoms with Crippen LogP contribution in [0.5, 0.6) is 0 Å². The van der Waals surface area contributed by atoms with Crippen LogP contribution in [0.1, 0.15) is 21.5 Å². The summed E-state index contributed by atoms with van der Waals surface area (Å²) in [5.41, 5.74) is 8.04. The molecular weight excluding hydrogens is 241 g/mol. The molecule has 0 aliphatic rings. The van der Waals surface area contributed by atoms with E-state index in [-0.39, 0.29) is 5.78 Å². The summed E-state index contributed by atoms with van der Waals surface area (Å²) in [4.78, 5) is 12.2. The van der Waals surface area contributed by atoms with Crippen molar-refractivity contribution in [1.29, 1.82) is 0 Å². The SMILES string of the molecule is Cc1ccc(F)cc1C(=O)C(N)Cc1ccccc1. The molecule has 1 atom stereocenters. The van der Waals surface area contributed by atoms with E-state index in [1.807, 2.05) is 30.3 Å². The van der Waals surface area contributed by atoms with Crippen LogP contribution in [0.25, 0.3) is 0 Å². The van der Waals surface area contributed by atoms with E-state index in [1.54, 1.807) is 13.0 Å². The zero-order valence-electron chi connectivity index (χ0n) is 10.8. The molecule has 0 heterocycles.